The van der Waals surface area contributed by atoms with E-state index in [9.17, 15) is 0 Å². The molecule has 1 unspecified atom stereocenters. The van der Waals surface area contributed by atoms with Gasteiger partial charge in [-0.05, 0) is 89.9 Å². The average molecular weight is 731 g/mol. The van der Waals surface area contributed by atoms with Crippen molar-refractivity contribution in [1.82, 2.24) is 19.5 Å². The highest BCUT2D eigenvalue weighted by Gasteiger charge is 2.21. The molecule has 0 fully saturated rings. The van der Waals surface area contributed by atoms with Crippen LogP contribution < -0.4 is 10.6 Å². The molecule has 2 heterocycles. The fraction of sp³-hybridized carbons (Fsp3) is 0.100. The van der Waals surface area contributed by atoms with Crippen molar-refractivity contribution in [2.45, 2.75) is 27.2 Å². The summed E-state index contributed by atoms with van der Waals surface area (Å²) in [6.45, 7) is 6.76. The van der Waals surface area contributed by atoms with Gasteiger partial charge in [0.25, 0.3) is 0 Å². The summed E-state index contributed by atoms with van der Waals surface area (Å²) in [5.74, 6) is 2.19. The predicted molar refractivity (Wildman–Crippen MR) is 229 cm³/mol. The molecule has 0 amide bonds. The van der Waals surface area contributed by atoms with Crippen LogP contribution in [0.4, 0.5) is 0 Å². The van der Waals surface area contributed by atoms with Crippen molar-refractivity contribution in [3.63, 3.8) is 0 Å². The van der Waals surface area contributed by atoms with Gasteiger partial charge in [0.1, 0.15) is 0 Å². The maximum Gasteiger partial charge on any atom is 0.164 e. The zero-order valence-electron chi connectivity index (χ0n) is 31.0. The molecule has 0 spiro atoms. The normalized spacial score (nSPS) is 14.1. The van der Waals surface area contributed by atoms with E-state index >= 15 is 0 Å². The summed E-state index contributed by atoms with van der Waals surface area (Å²) >= 11 is 6.71. The van der Waals surface area contributed by atoms with Crippen LogP contribution in [-0.2, 0) is 0 Å². The first-order chi connectivity index (χ1) is 26.9. The molecular formula is C50H39ClN4. The summed E-state index contributed by atoms with van der Waals surface area (Å²) in [5.41, 5.74) is 12.4. The highest BCUT2D eigenvalue weighted by atomic mass is 35.5. The van der Waals surface area contributed by atoms with Crippen LogP contribution in [0.1, 0.15) is 31.4 Å². The summed E-state index contributed by atoms with van der Waals surface area (Å²) in [5, 5.41) is 4.26. The van der Waals surface area contributed by atoms with Gasteiger partial charge in [-0.2, -0.15) is 0 Å². The second-order valence-electron chi connectivity index (χ2n) is 14.3. The predicted octanol–water partition coefficient (Wildman–Crippen LogP) is 11.5. The Hall–Kier alpha value is -6.36. The molecule has 55 heavy (non-hydrogen) atoms. The van der Waals surface area contributed by atoms with Crippen LogP contribution in [0.5, 0.6) is 0 Å². The van der Waals surface area contributed by atoms with E-state index in [0.717, 1.165) is 44.7 Å². The van der Waals surface area contributed by atoms with E-state index in [1.807, 2.05) is 66.7 Å². The number of rotatable bonds is 7. The summed E-state index contributed by atoms with van der Waals surface area (Å²) < 4.78 is 2.40. The lowest BCUT2D eigenvalue weighted by molar-refractivity contribution is 0.770. The summed E-state index contributed by atoms with van der Waals surface area (Å²) in [7, 11) is 0. The minimum absolute atomic E-state index is 0.292. The highest BCUT2D eigenvalue weighted by Crippen LogP contribution is 2.34. The number of fused-ring (bicyclic) bond motifs is 3. The molecule has 2 aromatic heterocycles. The topological polar surface area (TPSA) is 43.6 Å². The van der Waals surface area contributed by atoms with Gasteiger partial charge in [0.15, 0.2) is 17.5 Å². The third-order valence-corrected chi connectivity index (χ3v) is 10.9. The van der Waals surface area contributed by atoms with Gasteiger partial charge >= 0.3 is 0 Å². The van der Waals surface area contributed by atoms with E-state index in [1.165, 1.54) is 44.0 Å². The zero-order valence-corrected chi connectivity index (χ0v) is 31.8. The number of benzene rings is 6. The smallest absolute Gasteiger partial charge is 0.164 e. The van der Waals surface area contributed by atoms with Gasteiger partial charge < -0.3 is 4.57 Å². The lowest BCUT2D eigenvalue weighted by Crippen LogP contribution is -2.35. The van der Waals surface area contributed by atoms with Gasteiger partial charge in [-0.25, -0.2) is 15.0 Å². The molecular weight excluding hydrogens is 692 g/mol. The Balaban J connectivity index is 1.27. The first-order valence-electron chi connectivity index (χ1n) is 18.8. The van der Waals surface area contributed by atoms with Crippen molar-refractivity contribution in [3.05, 3.63) is 184 Å². The SMILES string of the molecule is C/C(=C\C1=c2c(c3cc(Cl)ccc3n2-c2cccc(-c3nc(-c4ccccc4)nc(-c4ccccc4)n3)c2)=CCC1C)c1ccccc1-c1ccccc1C. The van der Waals surface area contributed by atoms with Gasteiger partial charge in [0, 0.05) is 38.0 Å². The molecule has 5 heteroatoms. The molecule has 0 N–H and O–H groups in total. The average Bonchev–Trinajstić information content (AvgIpc) is 3.56. The minimum Gasteiger partial charge on any atom is -0.309 e. The van der Waals surface area contributed by atoms with E-state index in [2.05, 4.69) is 122 Å². The molecule has 0 bridgehead atoms. The summed E-state index contributed by atoms with van der Waals surface area (Å²) in [4.78, 5) is 15.0. The first kappa shape index (κ1) is 34.4. The quantitative estimate of drug-likeness (QED) is 0.164. The summed E-state index contributed by atoms with van der Waals surface area (Å²) in [6, 6.07) is 52.4. The molecule has 9 rings (SSSR count). The molecule has 8 aromatic rings. The molecule has 0 saturated heterocycles. The Morgan fingerprint density at radius 3 is 1.95 bits per heavy atom. The Morgan fingerprint density at radius 2 is 1.25 bits per heavy atom. The zero-order chi connectivity index (χ0) is 37.5. The van der Waals surface area contributed by atoms with Gasteiger partial charge in [-0.15, -0.1) is 0 Å². The Morgan fingerprint density at radius 1 is 0.655 bits per heavy atom. The lowest BCUT2D eigenvalue weighted by atomic mass is 9.87. The molecule has 266 valence electrons. The van der Waals surface area contributed by atoms with Crippen LogP contribution in [-0.4, -0.2) is 19.5 Å². The fourth-order valence-electron chi connectivity index (χ4n) is 7.88. The largest absolute Gasteiger partial charge is 0.309 e. The van der Waals surface area contributed by atoms with E-state index < -0.39 is 0 Å². The minimum atomic E-state index is 0.292. The van der Waals surface area contributed by atoms with Crippen LogP contribution in [0.3, 0.4) is 0 Å². The molecule has 1 aliphatic carbocycles. The number of aromatic nitrogens is 4. The van der Waals surface area contributed by atoms with Crippen LogP contribution in [0, 0.1) is 12.8 Å². The maximum absolute atomic E-state index is 6.71. The van der Waals surface area contributed by atoms with E-state index in [1.54, 1.807) is 0 Å². The van der Waals surface area contributed by atoms with E-state index in [0.29, 0.717) is 23.4 Å². The van der Waals surface area contributed by atoms with Crippen molar-refractivity contribution in [2.24, 2.45) is 5.92 Å². The summed E-state index contributed by atoms with van der Waals surface area (Å²) in [6.07, 6.45) is 5.74. The lowest BCUT2D eigenvalue weighted by Gasteiger charge is -2.19. The van der Waals surface area contributed by atoms with E-state index in [-0.39, 0.29) is 0 Å². The molecule has 0 radical (unpaired) electrons. The second kappa shape index (κ2) is 14.5. The number of aryl methyl sites for hydroxylation is 1. The molecule has 0 aliphatic heterocycles. The number of halogens is 1. The van der Waals surface area contributed by atoms with Crippen LogP contribution in [0.15, 0.2) is 158 Å². The Kier molecular flexibility index (Phi) is 9.05. The van der Waals surface area contributed by atoms with Crippen molar-refractivity contribution < 1.29 is 0 Å². The number of nitrogens with zero attached hydrogens (tertiary/aromatic N) is 4. The fourth-order valence-corrected chi connectivity index (χ4v) is 8.05. The molecule has 6 aromatic carbocycles. The Labute approximate surface area is 326 Å². The number of allylic oxidation sites excluding steroid dienone is 2. The van der Waals surface area contributed by atoms with Crippen molar-refractivity contribution in [2.75, 3.05) is 0 Å². The van der Waals surface area contributed by atoms with Crippen LogP contribution in [0.25, 0.3) is 79.1 Å². The molecule has 4 nitrogen and oxygen atoms in total. The van der Waals surface area contributed by atoms with Gasteiger partial charge in [-0.3, -0.25) is 0 Å². The number of hydrogen-bond donors (Lipinski definition) is 0. The molecule has 1 aliphatic rings. The molecule has 0 saturated carbocycles. The van der Waals surface area contributed by atoms with Crippen LogP contribution in [0.2, 0.25) is 5.02 Å². The Bertz CT molecular complexity index is 2830. The van der Waals surface area contributed by atoms with Gasteiger partial charge in [0.05, 0.1) is 10.9 Å². The number of hydrogen-bond acceptors (Lipinski definition) is 3. The third kappa shape index (κ3) is 6.49. The first-order valence-corrected chi connectivity index (χ1v) is 19.2. The van der Waals surface area contributed by atoms with Crippen molar-refractivity contribution >= 4 is 39.7 Å². The van der Waals surface area contributed by atoms with Crippen molar-refractivity contribution in [1.29, 1.82) is 0 Å². The van der Waals surface area contributed by atoms with Gasteiger partial charge in [-0.1, -0.05) is 152 Å². The molecule has 1 atom stereocenters. The van der Waals surface area contributed by atoms with E-state index in [4.69, 9.17) is 26.6 Å². The standard InChI is InChI=1S/C50H39ClN4/c1-32-15-10-11-22-40(32)42-24-13-12-23-41(42)34(3)29-44-33(2)25-27-43-45-31-38(51)26-28-46(45)55(47(43)44)39-21-14-20-37(30-39)50-53-48(35-16-6-4-7-17-35)52-49(54-50)36-18-8-5-9-19-36/h4-24,26-31,33H,25H2,1-3H3/b34-29+. The second-order valence-corrected chi connectivity index (χ2v) is 14.8. The van der Waals surface area contributed by atoms with Crippen LogP contribution >= 0.6 is 11.6 Å². The maximum atomic E-state index is 6.71. The highest BCUT2D eigenvalue weighted by molar-refractivity contribution is 6.31. The third-order valence-electron chi connectivity index (χ3n) is 10.7. The van der Waals surface area contributed by atoms with Gasteiger partial charge in [0.2, 0.25) is 0 Å². The van der Waals surface area contributed by atoms with Crippen molar-refractivity contribution in [3.8, 4) is 51.0 Å². The monoisotopic (exact) mass is 730 g/mol.